The van der Waals surface area contributed by atoms with Crippen molar-refractivity contribution in [1.82, 2.24) is 4.98 Å². The van der Waals surface area contributed by atoms with Crippen molar-refractivity contribution in [3.05, 3.63) is 30.1 Å². The average Bonchev–Trinajstić information content (AvgIpc) is 2.47. The maximum atomic E-state index is 4.53. The normalized spacial score (nSPS) is 22.6. The summed E-state index contributed by atoms with van der Waals surface area (Å²) < 4.78 is 0. The Bertz CT molecular complexity index is 279. The van der Waals surface area contributed by atoms with Crippen molar-refractivity contribution >= 4 is 6.21 Å². The van der Waals surface area contributed by atoms with Crippen molar-refractivity contribution in [3.8, 4) is 0 Å². The molecule has 1 aliphatic rings. The first kappa shape index (κ1) is 8.42. The minimum absolute atomic E-state index is 0.358. The molecule has 0 saturated carbocycles. The van der Waals surface area contributed by atoms with E-state index in [-0.39, 0.29) is 0 Å². The number of nitrogens with zero attached hydrogens (tertiary/aromatic N) is 2. The Morgan fingerprint density at radius 3 is 3.15 bits per heavy atom. The molecule has 0 aromatic carbocycles. The Labute approximate surface area is 78.7 Å². The second-order valence-corrected chi connectivity index (χ2v) is 3.42. The molecule has 2 heteroatoms. The van der Waals surface area contributed by atoms with Crippen molar-refractivity contribution in [2.75, 3.05) is 0 Å². The Morgan fingerprint density at radius 1 is 1.31 bits per heavy atom. The van der Waals surface area contributed by atoms with Gasteiger partial charge in [-0.15, -0.1) is 0 Å². The molecule has 0 spiro atoms. The standard InChI is InChI=1S/C11H14N2/c1-2-6-11(13-8-3-1)10-5-4-7-12-9-10/h4-5,7-9,11H,1-3,6H2. The molecular formula is C11H14N2. The van der Waals surface area contributed by atoms with Gasteiger partial charge in [0.2, 0.25) is 0 Å². The highest BCUT2D eigenvalue weighted by atomic mass is 14.8. The summed E-state index contributed by atoms with van der Waals surface area (Å²) >= 11 is 0. The second kappa shape index (κ2) is 4.17. The molecular weight excluding hydrogens is 160 g/mol. The van der Waals surface area contributed by atoms with Crippen LogP contribution in [-0.4, -0.2) is 11.2 Å². The lowest BCUT2D eigenvalue weighted by Crippen LogP contribution is -1.94. The van der Waals surface area contributed by atoms with Gasteiger partial charge in [-0.05, 0) is 37.1 Å². The van der Waals surface area contributed by atoms with E-state index in [4.69, 9.17) is 0 Å². The summed E-state index contributed by atoms with van der Waals surface area (Å²) in [4.78, 5) is 8.65. The van der Waals surface area contributed by atoms with Gasteiger partial charge in [0.15, 0.2) is 0 Å². The van der Waals surface area contributed by atoms with Gasteiger partial charge in [0.05, 0.1) is 6.04 Å². The number of hydrogen-bond acceptors (Lipinski definition) is 2. The highest BCUT2D eigenvalue weighted by Gasteiger charge is 2.10. The molecule has 1 aliphatic heterocycles. The minimum Gasteiger partial charge on any atom is -0.289 e. The number of hydrogen-bond donors (Lipinski definition) is 0. The van der Waals surface area contributed by atoms with E-state index >= 15 is 0 Å². The molecule has 0 fully saturated rings. The molecule has 1 unspecified atom stereocenters. The van der Waals surface area contributed by atoms with Crippen LogP contribution in [0.25, 0.3) is 0 Å². The lowest BCUT2D eigenvalue weighted by Gasteiger charge is -2.09. The van der Waals surface area contributed by atoms with Crippen LogP contribution in [-0.2, 0) is 0 Å². The lowest BCUT2D eigenvalue weighted by molar-refractivity contribution is 0.616. The molecule has 0 aliphatic carbocycles. The first-order chi connectivity index (χ1) is 6.47. The van der Waals surface area contributed by atoms with Gasteiger partial charge in [-0.25, -0.2) is 0 Å². The van der Waals surface area contributed by atoms with E-state index in [9.17, 15) is 0 Å². The van der Waals surface area contributed by atoms with Crippen LogP contribution in [0.5, 0.6) is 0 Å². The van der Waals surface area contributed by atoms with Gasteiger partial charge in [-0.3, -0.25) is 9.98 Å². The third-order valence-corrected chi connectivity index (χ3v) is 2.42. The average molecular weight is 174 g/mol. The summed E-state index contributed by atoms with van der Waals surface area (Å²) in [5.74, 6) is 0. The van der Waals surface area contributed by atoms with Gasteiger partial charge in [0.1, 0.15) is 0 Å². The Kier molecular flexibility index (Phi) is 2.70. The van der Waals surface area contributed by atoms with Crippen LogP contribution in [0.2, 0.25) is 0 Å². The van der Waals surface area contributed by atoms with Gasteiger partial charge >= 0.3 is 0 Å². The van der Waals surface area contributed by atoms with Gasteiger partial charge in [0, 0.05) is 12.4 Å². The van der Waals surface area contributed by atoms with E-state index in [1.165, 1.54) is 24.8 Å². The molecule has 2 heterocycles. The van der Waals surface area contributed by atoms with Crippen LogP contribution in [0.4, 0.5) is 0 Å². The van der Waals surface area contributed by atoms with E-state index in [2.05, 4.69) is 22.3 Å². The van der Waals surface area contributed by atoms with Crippen molar-refractivity contribution < 1.29 is 0 Å². The molecule has 0 radical (unpaired) electrons. The Morgan fingerprint density at radius 2 is 2.31 bits per heavy atom. The monoisotopic (exact) mass is 174 g/mol. The van der Waals surface area contributed by atoms with E-state index in [1.54, 1.807) is 0 Å². The van der Waals surface area contributed by atoms with Gasteiger partial charge in [-0.1, -0.05) is 12.5 Å². The smallest absolute Gasteiger partial charge is 0.0759 e. The third-order valence-electron chi connectivity index (χ3n) is 2.42. The Hall–Kier alpha value is -1.18. The fraction of sp³-hybridized carbons (Fsp3) is 0.455. The topological polar surface area (TPSA) is 25.2 Å². The molecule has 2 nitrogen and oxygen atoms in total. The van der Waals surface area contributed by atoms with E-state index < -0.39 is 0 Å². The molecule has 0 N–H and O–H groups in total. The van der Waals surface area contributed by atoms with E-state index in [0.717, 1.165) is 6.42 Å². The highest BCUT2D eigenvalue weighted by molar-refractivity contribution is 5.58. The van der Waals surface area contributed by atoms with Crippen LogP contribution in [0.1, 0.15) is 37.3 Å². The maximum Gasteiger partial charge on any atom is 0.0759 e. The summed E-state index contributed by atoms with van der Waals surface area (Å²) in [6.07, 6.45) is 10.7. The van der Waals surface area contributed by atoms with Gasteiger partial charge in [-0.2, -0.15) is 0 Å². The summed E-state index contributed by atoms with van der Waals surface area (Å²) in [6.45, 7) is 0. The minimum atomic E-state index is 0.358. The van der Waals surface area contributed by atoms with E-state index in [1.807, 2.05) is 18.5 Å². The molecule has 1 aromatic rings. The van der Waals surface area contributed by atoms with Gasteiger partial charge in [0.25, 0.3) is 0 Å². The zero-order valence-corrected chi connectivity index (χ0v) is 7.69. The van der Waals surface area contributed by atoms with Crippen LogP contribution in [0.3, 0.4) is 0 Å². The van der Waals surface area contributed by atoms with Crippen LogP contribution in [0.15, 0.2) is 29.5 Å². The molecule has 0 amide bonds. The number of rotatable bonds is 1. The first-order valence-corrected chi connectivity index (χ1v) is 4.88. The third kappa shape index (κ3) is 2.14. The van der Waals surface area contributed by atoms with Crippen LogP contribution in [0, 0.1) is 0 Å². The van der Waals surface area contributed by atoms with Gasteiger partial charge < -0.3 is 0 Å². The zero-order chi connectivity index (χ0) is 8.93. The summed E-state index contributed by atoms with van der Waals surface area (Å²) in [5, 5.41) is 0. The van der Waals surface area contributed by atoms with Crippen molar-refractivity contribution in [1.29, 1.82) is 0 Å². The van der Waals surface area contributed by atoms with Crippen LogP contribution >= 0.6 is 0 Å². The van der Waals surface area contributed by atoms with Crippen molar-refractivity contribution in [2.45, 2.75) is 31.7 Å². The lowest BCUT2D eigenvalue weighted by atomic mass is 10.0. The highest BCUT2D eigenvalue weighted by Crippen LogP contribution is 2.24. The first-order valence-electron chi connectivity index (χ1n) is 4.88. The molecule has 0 saturated heterocycles. The summed E-state index contributed by atoms with van der Waals surface area (Å²) in [7, 11) is 0. The predicted molar refractivity (Wildman–Crippen MR) is 53.9 cm³/mol. The molecule has 0 bridgehead atoms. The van der Waals surface area contributed by atoms with Crippen molar-refractivity contribution in [3.63, 3.8) is 0 Å². The number of pyridine rings is 1. The summed E-state index contributed by atoms with van der Waals surface area (Å²) in [5.41, 5.74) is 1.25. The molecule has 13 heavy (non-hydrogen) atoms. The second-order valence-electron chi connectivity index (χ2n) is 3.42. The van der Waals surface area contributed by atoms with Crippen molar-refractivity contribution in [2.24, 2.45) is 4.99 Å². The zero-order valence-electron chi connectivity index (χ0n) is 7.69. The van der Waals surface area contributed by atoms with E-state index in [0.29, 0.717) is 6.04 Å². The molecule has 1 atom stereocenters. The SMILES string of the molecule is C1=NC(c2cccnc2)CCCC1. The summed E-state index contributed by atoms with van der Waals surface area (Å²) in [6, 6.07) is 4.45. The number of aromatic nitrogens is 1. The largest absolute Gasteiger partial charge is 0.289 e. The number of aliphatic imine (C=N–C) groups is 1. The fourth-order valence-electron chi connectivity index (χ4n) is 1.68. The fourth-order valence-corrected chi connectivity index (χ4v) is 1.68. The molecule has 2 rings (SSSR count). The molecule has 68 valence electrons. The van der Waals surface area contributed by atoms with Crippen LogP contribution < -0.4 is 0 Å². The molecule has 1 aromatic heterocycles. The quantitative estimate of drug-likeness (QED) is 0.642. The predicted octanol–water partition coefficient (Wildman–Crippen LogP) is 2.77. The Balaban J connectivity index is 2.15. The maximum absolute atomic E-state index is 4.53.